The number of hydrogen-bond donors (Lipinski definition) is 1. The average molecular weight is 395 g/mol. The highest BCUT2D eigenvalue weighted by atomic mass is 16.5. The zero-order valence-electron chi connectivity index (χ0n) is 16.7. The average Bonchev–Trinajstić information content (AvgIpc) is 3.45. The van der Waals surface area contributed by atoms with E-state index in [-0.39, 0.29) is 18.7 Å². The normalized spacial score (nSPS) is 18.5. The van der Waals surface area contributed by atoms with Crippen LogP contribution in [0.1, 0.15) is 32.7 Å². The van der Waals surface area contributed by atoms with Crippen molar-refractivity contribution < 1.29 is 9.84 Å². The van der Waals surface area contributed by atoms with Crippen LogP contribution in [0.3, 0.4) is 0 Å². The molecule has 2 aliphatic heterocycles. The predicted molar refractivity (Wildman–Crippen MR) is 108 cm³/mol. The smallest absolute Gasteiger partial charge is 0.178 e. The second-order valence-electron chi connectivity index (χ2n) is 7.82. The molecule has 0 spiro atoms. The highest BCUT2D eigenvalue weighted by Gasteiger charge is 2.27. The number of aliphatic hydroxyl groups excluding tert-OH is 1. The molecule has 29 heavy (non-hydrogen) atoms. The van der Waals surface area contributed by atoms with E-state index in [1.807, 2.05) is 23.1 Å². The summed E-state index contributed by atoms with van der Waals surface area (Å²) in [6.07, 6.45) is 7.46. The van der Waals surface area contributed by atoms with Gasteiger partial charge in [0.05, 0.1) is 24.8 Å². The maximum atomic E-state index is 9.64. The molecule has 3 aromatic heterocycles. The Labute approximate surface area is 169 Å². The van der Waals surface area contributed by atoms with Crippen molar-refractivity contribution in [3.8, 4) is 28.7 Å². The van der Waals surface area contributed by atoms with E-state index in [9.17, 15) is 5.11 Å². The number of rotatable bonds is 4. The Morgan fingerprint density at radius 1 is 1.24 bits per heavy atom. The molecule has 0 aliphatic carbocycles. The van der Waals surface area contributed by atoms with E-state index in [0.717, 1.165) is 53.9 Å². The standard InChI is InChI=1S/C20H25N7O2/c1-13(2)27-20(22-12-23-27)16-10-25-6-7-29-17-8-18(21-9-15(17)19(25)24-16)26-5-3-4-14(26)11-28/h8-10,12-14,28H,3-7,11H2,1-2H3. The molecule has 0 saturated carbocycles. The molecule has 9 heteroatoms. The van der Waals surface area contributed by atoms with Crippen molar-refractivity contribution in [1.29, 1.82) is 0 Å². The quantitative estimate of drug-likeness (QED) is 0.723. The number of pyridine rings is 1. The van der Waals surface area contributed by atoms with Crippen LogP contribution in [-0.4, -0.2) is 60.2 Å². The summed E-state index contributed by atoms with van der Waals surface area (Å²) in [5.41, 5.74) is 1.66. The number of aliphatic hydroxyl groups is 1. The number of imidazole rings is 1. The van der Waals surface area contributed by atoms with E-state index in [1.54, 1.807) is 6.33 Å². The van der Waals surface area contributed by atoms with Crippen molar-refractivity contribution >= 4 is 5.82 Å². The molecule has 5 rings (SSSR count). The van der Waals surface area contributed by atoms with Crippen LogP contribution in [0.25, 0.3) is 22.9 Å². The molecule has 1 N–H and O–H groups in total. The monoisotopic (exact) mass is 395 g/mol. The van der Waals surface area contributed by atoms with Crippen LogP contribution >= 0.6 is 0 Å². The van der Waals surface area contributed by atoms with Crippen LogP contribution in [0, 0.1) is 0 Å². The maximum absolute atomic E-state index is 9.64. The second-order valence-corrected chi connectivity index (χ2v) is 7.82. The number of ether oxygens (including phenoxy) is 1. The molecule has 0 aromatic carbocycles. The molecule has 1 fully saturated rings. The molecule has 1 saturated heterocycles. The minimum atomic E-state index is 0.127. The fraction of sp³-hybridized carbons (Fsp3) is 0.500. The van der Waals surface area contributed by atoms with Gasteiger partial charge in [-0.1, -0.05) is 0 Å². The van der Waals surface area contributed by atoms with E-state index in [2.05, 4.69) is 38.4 Å². The predicted octanol–water partition coefficient (Wildman–Crippen LogP) is 2.14. The lowest BCUT2D eigenvalue weighted by Gasteiger charge is -2.24. The van der Waals surface area contributed by atoms with Crippen LogP contribution in [0.5, 0.6) is 5.75 Å². The summed E-state index contributed by atoms with van der Waals surface area (Å²) in [6.45, 7) is 6.45. The van der Waals surface area contributed by atoms with Gasteiger partial charge in [0.2, 0.25) is 0 Å². The summed E-state index contributed by atoms with van der Waals surface area (Å²) in [6, 6.07) is 2.31. The SMILES string of the molecule is CC(C)n1ncnc1-c1cn2c(n1)-c1cnc(N3CCCC3CO)cc1OCC2. The highest BCUT2D eigenvalue weighted by molar-refractivity contribution is 5.69. The summed E-state index contributed by atoms with van der Waals surface area (Å²) < 4.78 is 10.00. The van der Waals surface area contributed by atoms with Gasteiger partial charge in [-0.05, 0) is 26.7 Å². The highest BCUT2D eigenvalue weighted by Crippen LogP contribution is 2.36. The van der Waals surface area contributed by atoms with Crippen molar-refractivity contribution in [3.05, 3.63) is 24.8 Å². The molecule has 1 unspecified atom stereocenters. The van der Waals surface area contributed by atoms with E-state index in [1.165, 1.54) is 0 Å². The minimum absolute atomic E-state index is 0.127. The minimum Gasteiger partial charge on any atom is -0.491 e. The number of hydrogen-bond acceptors (Lipinski definition) is 7. The van der Waals surface area contributed by atoms with Gasteiger partial charge in [0.1, 0.15) is 36.0 Å². The van der Waals surface area contributed by atoms with Gasteiger partial charge in [-0.2, -0.15) is 5.10 Å². The first-order valence-corrected chi connectivity index (χ1v) is 10.1. The molecule has 152 valence electrons. The number of anilines is 1. The first kappa shape index (κ1) is 18.1. The fourth-order valence-electron chi connectivity index (χ4n) is 4.17. The Morgan fingerprint density at radius 2 is 2.14 bits per heavy atom. The van der Waals surface area contributed by atoms with Crippen LogP contribution < -0.4 is 9.64 Å². The largest absolute Gasteiger partial charge is 0.491 e. The first-order valence-electron chi connectivity index (χ1n) is 10.1. The van der Waals surface area contributed by atoms with Crippen molar-refractivity contribution in [2.45, 2.75) is 45.3 Å². The Kier molecular flexibility index (Phi) is 4.46. The Balaban J connectivity index is 1.54. The van der Waals surface area contributed by atoms with E-state index in [0.29, 0.717) is 13.2 Å². The first-order chi connectivity index (χ1) is 14.2. The zero-order chi connectivity index (χ0) is 20.0. The zero-order valence-corrected chi connectivity index (χ0v) is 16.7. The van der Waals surface area contributed by atoms with Gasteiger partial charge in [-0.3, -0.25) is 0 Å². The van der Waals surface area contributed by atoms with E-state index >= 15 is 0 Å². The van der Waals surface area contributed by atoms with Crippen LogP contribution in [0.4, 0.5) is 5.82 Å². The molecule has 0 amide bonds. The molecule has 0 radical (unpaired) electrons. The Hall–Kier alpha value is -2.94. The summed E-state index contributed by atoms with van der Waals surface area (Å²) >= 11 is 0. The van der Waals surface area contributed by atoms with Crippen molar-refractivity contribution in [3.63, 3.8) is 0 Å². The maximum Gasteiger partial charge on any atom is 0.178 e. The van der Waals surface area contributed by atoms with Gasteiger partial charge in [0.25, 0.3) is 0 Å². The van der Waals surface area contributed by atoms with Gasteiger partial charge in [0, 0.05) is 31.0 Å². The fourth-order valence-corrected chi connectivity index (χ4v) is 4.17. The molecular weight excluding hydrogens is 370 g/mol. The van der Waals surface area contributed by atoms with Gasteiger partial charge in [-0.25, -0.2) is 19.6 Å². The second kappa shape index (κ2) is 7.14. The van der Waals surface area contributed by atoms with Gasteiger partial charge >= 0.3 is 0 Å². The summed E-state index contributed by atoms with van der Waals surface area (Å²) in [4.78, 5) is 16.1. The third-order valence-electron chi connectivity index (χ3n) is 5.63. The van der Waals surface area contributed by atoms with Crippen LogP contribution in [-0.2, 0) is 6.54 Å². The Bertz CT molecular complexity index is 1030. The van der Waals surface area contributed by atoms with Gasteiger partial charge < -0.3 is 19.3 Å². The molecule has 9 nitrogen and oxygen atoms in total. The van der Waals surface area contributed by atoms with Gasteiger partial charge in [0.15, 0.2) is 5.82 Å². The molecule has 2 aliphatic rings. The topological polar surface area (TPSA) is 94.1 Å². The van der Waals surface area contributed by atoms with Crippen LogP contribution in [0.15, 0.2) is 24.8 Å². The molecule has 5 heterocycles. The van der Waals surface area contributed by atoms with Gasteiger partial charge in [-0.15, -0.1) is 0 Å². The lowest BCUT2D eigenvalue weighted by atomic mass is 10.2. The third kappa shape index (κ3) is 3.05. The van der Waals surface area contributed by atoms with Crippen LogP contribution in [0.2, 0.25) is 0 Å². The molecule has 3 aromatic rings. The van der Waals surface area contributed by atoms with E-state index in [4.69, 9.17) is 9.72 Å². The summed E-state index contributed by atoms with van der Waals surface area (Å²) in [7, 11) is 0. The molecule has 1 atom stereocenters. The third-order valence-corrected chi connectivity index (χ3v) is 5.63. The number of fused-ring (bicyclic) bond motifs is 3. The lowest BCUT2D eigenvalue weighted by Crippen LogP contribution is -2.32. The van der Waals surface area contributed by atoms with Crippen molar-refractivity contribution in [2.24, 2.45) is 0 Å². The van der Waals surface area contributed by atoms with E-state index < -0.39 is 0 Å². The van der Waals surface area contributed by atoms with Crippen molar-refractivity contribution in [2.75, 3.05) is 24.7 Å². The number of aromatic nitrogens is 6. The molecule has 0 bridgehead atoms. The number of nitrogens with zero attached hydrogens (tertiary/aromatic N) is 7. The lowest BCUT2D eigenvalue weighted by molar-refractivity contribution is 0.266. The van der Waals surface area contributed by atoms with Crippen molar-refractivity contribution in [1.82, 2.24) is 29.3 Å². The Morgan fingerprint density at radius 3 is 2.97 bits per heavy atom. The molecular formula is C20H25N7O2. The summed E-state index contributed by atoms with van der Waals surface area (Å²) in [5.74, 6) is 3.21. The summed E-state index contributed by atoms with van der Waals surface area (Å²) in [5, 5.41) is 14.0.